The van der Waals surface area contributed by atoms with E-state index in [0.717, 1.165) is 5.75 Å². The van der Waals surface area contributed by atoms with Crippen LogP contribution in [0.2, 0.25) is 0 Å². The van der Waals surface area contributed by atoms with Gasteiger partial charge in [0.25, 0.3) is 0 Å². The number of aryl methyl sites for hydroxylation is 1. The average Bonchev–Trinajstić information content (AvgIpc) is 2.37. The molecule has 0 bridgehead atoms. The second-order valence-corrected chi connectivity index (χ2v) is 5.62. The Morgan fingerprint density at radius 2 is 1.89 bits per heavy atom. The summed E-state index contributed by atoms with van der Waals surface area (Å²) in [6.07, 6.45) is 0. The Morgan fingerprint density at radius 3 is 2.61 bits per heavy atom. The van der Waals surface area contributed by atoms with Crippen molar-refractivity contribution in [3.63, 3.8) is 0 Å². The lowest BCUT2D eigenvalue weighted by Gasteiger charge is -2.12. The van der Waals surface area contributed by atoms with Crippen LogP contribution in [0.25, 0.3) is 0 Å². The second-order valence-electron chi connectivity index (χ2n) is 4.60. The van der Waals surface area contributed by atoms with Gasteiger partial charge in [0.05, 0.1) is 0 Å². The predicted octanol–water partition coefficient (Wildman–Crippen LogP) is 4.31. The molecule has 0 spiro atoms. The Hall–Kier alpha value is -1.25. The van der Waals surface area contributed by atoms with Crippen molar-refractivity contribution >= 4 is 11.8 Å². The van der Waals surface area contributed by atoms with Crippen LogP contribution in [0.1, 0.15) is 29.7 Å². The SMILES string of the molecule is Cc1cccc(CSc2ccccc2C(C)N)c1. The summed E-state index contributed by atoms with van der Waals surface area (Å²) >= 11 is 1.86. The fraction of sp³-hybridized carbons (Fsp3) is 0.250. The molecule has 2 aromatic rings. The zero-order valence-corrected chi connectivity index (χ0v) is 11.7. The van der Waals surface area contributed by atoms with E-state index >= 15 is 0 Å². The second kappa shape index (κ2) is 6.07. The van der Waals surface area contributed by atoms with E-state index in [4.69, 9.17) is 5.73 Å². The van der Waals surface area contributed by atoms with Gasteiger partial charge in [0.1, 0.15) is 0 Å². The van der Waals surface area contributed by atoms with Gasteiger partial charge >= 0.3 is 0 Å². The van der Waals surface area contributed by atoms with Crippen molar-refractivity contribution in [3.8, 4) is 0 Å². The zero-order valence-electron chi connectivity index (χ0n) is 10.9. The first-order valence-corrected chi connectivity index (χ1v) is 7.18. The molecule has 0 aliphatic heterocycles. The van der Waals surface area contributed by atoms with Gasteiger partial charge in [-0.25, -0.2) is 0 Å². The van der Waals surface area contributed by atoms with Crippen molar-refractivity contribution in [2.75, 3.05) is 0 Å². The van der Waals surface area contributed by atoms with Gasteiger partial charge in [-0.15, -0.1) is 11.8 Å². The molecule has 0 radical (unpaired) electrons. The molecule has 0 fully saturated rings. The Morgan fingerprint density at radius 1 is 1.11 bits per heavy atom. The number of hydrogen-bond acceptors (Lipinski definition) is 2. The minimum Gasteiger partial charge on any atom is -0.324 e. The van der Waals surface area contributed by atoms with Gasteiger partial charge in [-0.1, -0.05) is 48.0 Å². The van der Waals surface area contributed by atoms with Crippen molar-refractivity contribution in [1.82, 2.24) is 0 Å². The topological polar surface area (TPSA) is 26.0 Å². The van der Waals surface area contributed by atoms with Gasteiger partial charge < -0.3 is 5.73 Å². The maximum atomic E-state index is 5.99. The molecule has 0 aliphatic rings. The first-order chi connectivity index (χ1) is 8.66. The van der Waals surface area contributed by atoms with Gasteiger partial charge in [-0.05, 0) is 31.0 Å². The Kier molecular flexibility index (Phi) is 4.45. The van der Waals surface area contributed by atoms with Crippen molar-refractivity contribution in [2.24, 2.45) is 5.73 Å². The molecule has 0 saturated carbocycles. The fourth-order valence-electron chi connectivity index (χ4n) is 1.95. The molecule has 18 heavy (non-hydrogen) atoms. The molecule has 0 heterocycles. The molecular weight excluding hydrogens is 238 g/mol. The minimum absolute atomic E-state index is 0.0891. The highest BCUT2D eigenvalue weighted by atomic mass is 32.2. The Bertz CT molecular complexity index is 520. The van der Waals surface area contributed by atoms with Gasteiger partial charge in [0, 0.05) is 16.7 Å². The van der Waals surface area contributed by atoms with E-state index in [1.165, 1.54) is 21.6 Å². The monoisotopic (exact) mass is 257 g/mol. The molecule has 0 aliphatic carbocycles. The molecule has 0 aromatic heterocycles. The van der Waals surface area contributed by atoms with Gasteiger partial charge in [0.15, 0.2) is 0 Å². The molecule has 2 aromatic carbocycles. The fourth-order valence-corrected chi connectivity index (χ4v) is 3.05. The largest absolute Gasteiger partial charge is 0.324 e. The summed E-state index contributed by atoms with van der Waals surface area (Å²) in [5, 5.41) is 0. The molecule has 1 unspecified atom stereocenters. The lowest BCUT2D eigenvalue weighted by Crippen LogP contribution is -2.06. The molecule has 94 valence electrons. The zero-order chi connectivity index (χ0) is 13.0. The molecule has 1 nitrogen and oxygen atoms in total. The first kappa shape index (κ1) is 13.2. The third-order valence-corrected chi connectivity index (χ3v) is 4.05. The Balaban J connectivity index is 2.11. The van der Waals surface area contributed by atoms with Crippen LogP contribution in [0, 0.1) is 6.92 Å². The number of nitrogens with two attached hydrogens (primary N) is 1. The van der Waals surface area contributed by atoms with E-state index in [0.29, 0.717) is 0 Å². The third-order valence-electron chi connectivity index (χ3n) is 2.89. The molecular formula is C16H19NS. The van der Waals surface area contributed by atoms with Crippen LogP contribution in [0.15, 0.2) is 53.4 Å². The van der Waals surface area contributed by atoms with Crippen LogP contribution < -0.4 is 5.73 Å². The normalized spacial score (nSPS) is 12.4. The van der Waals surface area contributed by atoms with Crippen LogP contribution >= 0.6 is 11.8 Å². The van der Waals surface area contributed by atoms with E-state index in [1.807, 2.05) is 18.7 Å². The summed E-state index contributed by atoms with van der Waals surface area (Å²) in [5.41, 5.74) is 9.90. The summed E-state index contributed by atoms with van der Waals surface area (Å²) in [4.78, 5) is 1.29. The number of benzene rings is 2. The maximum absolute atomic E-state index is 5.99. The van der Waals surface area contributed by atoms with Crippen molar-refractivity contribution in [2.45, 2.75) is 30.5 Å². The summed E-state index contributed by atoms with van der Waals surface area (Å²) in [6, 6.07) is 17.1. The first-order valence-electron chi connectivity index (χ1n) is 6.19. The van der Waals surface area contributed by atoms with Crippen molar-refractivity contribution in [1.29, 1.82) is 0 Å². The van der Waals surface area contributed by atoms with Crippen molar-refractivity contribution < 1.29 is 0 Å². The molecule has 0 amide bonds. The Labute approximate surface area is 113 Å². The summed E-state index contributed by atoms with van der Waals surface area (Å²) < 4.78 is 0. The highest BCUT2D eigenvalue weighted by Gasteiger charge is 2.06. The van der Waals surface area contributed by atoms with Crippen LogP contribution in [-0.4, -0.2) is 0 Å². The van der Waals surface area contributed by atoms with Crippen LogP contribution in [-0.2, 0) is 5.75 Å². The molecule has 2 heteroatoms. The minimum atomic E-state index is 0.0891. The lowest BCUT2D eigenvalue weighted by atomic mass is 10.1. The molecule has 1 atom stereocenters. The number of rotatable bonds is 4. The molecule has 0 saturated heterocycles. The van der Waals surface area contributed by atoms with Gasteiger partial charge in [-0.3, -0.25) is 0 Å². The van der Waals surface area contributed by atoms with Crippen LogP contribution in [0.4, 0.5) is 0 Å². The van der Waals surface area contributed by atoms with E-state index in [2.05, 4.69) is 55.5 Å². The number of hydrogen-bond donors (Lipinski definition) is 1. The van der Waals surface area contributed by atoms with Gasteiger partial charge in [-0.2, -0.15) is 0 Å². The van der Waals surface area contributed by atoms with Gasteiger partial charge in [0.2, 0.25) is 0 Å². The average molecular weight is 257 g/mol. The molecule has 2 rings (SSSR count). The standard InChI is InChI=1S/C16H19NS/c1-12-6-5-7-14(10-12)11-18-16-9-4-3-8-15(16)13(2)17/h3-10,13H,11,17H2,1-2H3. The van der Waals surface area contributed by atoms with E-state index < -0.39 is 0 Å². The van der Waals surface area contributed by atoms with E-state index in [1.54, 1.807) is 0 Å². The highest BCUT2D eigenvalue weighted by Crippen LogP contribution is 2.29. The third kappa shape index (κ3) is 3.37. The predicted molar refractivity (Wildman–Crippen MR) is 79.8 cm³/mol. The maximum Gasteiger partial charge on any atom is 0.0277 e. The van der Waals surface area contributed by atoms with E-state index in [-0.39, 0.29) is 6.04 Å². The van der Waals surface area contributed by atoms with Crippen LogP contribution in [0.5, 0.6) is 0 Å². The quantitative estimate of drug-likeness (QED) is 0.826. The highest BCUT2D eigenvalue weighted by molar-refractivity contribution is 7.98. The summed E-state index contributed by atoms with van der Waals surface area (Å²) in [6.45, 7) is 4.16. The lowest BCUT2D eigenvalue weighted by molar-refractivity contribution is 0.797. The smallest absolute Gasteiger partial charge is 0.0277 e. The molecule has 2 N–H and O–H groups in total. The summed E-state index contributed by atoms with van der Waals surface area (Å²) in [5.74, 6) is 0.991. The van der Waals surface area contributed by atoms with E-state index in [9.17, 15) is 0 Å². The van der Waals surface area contributed by atoms with Crippen molar-refractivity contribution in [3.05, 3.63) is 65.2 Å². The summed E-state index contributed by atoms with van der Waals surface area (Å²) in [7, 11) is 0. The number of thioether (sulfide) groups is 1. The van der Waals surface area contributed by atoms with Crippen LogP contribution in [0.3, 0.4) is 0 Å².